The Morgan fingerprint density at radius 2 is 2.18 bits per heavy atom. The molecule has 1 N–H and O–H groups in total. The summed E-state index contributed by atoms with van der Waals surface area (Å²) in [7, 11) is 0. The number of aryl methyl sites for hydroxylation is 1. The number of nitrogens with zero attached hydrogens (tertiary/aromatic N) is 1. The predicted octanol–water partition coefficient (Wildman–Crippen LogP) is 1.46. The van der Waals surface area contributed by atoms with Crippen molar-refractivity contribution in [1.29, 1.82) is 0 Å². The van der Waals surface area contributed by atoms with Crippen molar-refractivity contribution in [1.82, 2.24) is 4.90 Å². The molecule has 0 aliphatic carbocycles. The molecule has 1 aromatic carbocycles. The molecule has 1 aliphatic rings. The normalized spacial score (nSPS) is 19.5. The summed E-state index contributed by atoms with van der Waals surface area (Å²) in [6.07, 6.45) is -1.07. The first kappa shape index (κ1) is 16.3. The van der Waals surface area contributed by atoms with E-state index in [-0.39, 0.29) is 19.1 Å². The molecule has 0 saturated carbocycles. The molecular weight excluding hydrogens is 286 g/mol. The Hall–Kier alpha value is -2.08. The average molecular weight is 307 g/mol. The SMILES string of the molecule is CCC(Oc1ccccc1C)C(=O)N1CCOC(C(=O)O)C1. The average Bonchev–Trinajstić information content (AvgIpc) is 2.53. The minimum Gasteiger partial charge on any atom is -0.480 e. The molecule has 0 spiro atoms. The van der Waals surface area contributed by atoms with Gasteiger partial charge in [-0.15, -0.1) is 0 Å². The van der Waals surface area contributed by atoms with Crippen LogP contribution in [-0.4, -0.2) is 53.8 Å². The van der Waals surface area contributed by atoms with E-state index in [0.717, 1.165) is 5.56 Å². The molecule has 22 heavy (non-hydrogen) atoms. The molecule has 1 heterocycles. The molecule has 2 unspecified atom stereocenters. The van der Waals surface area contributed by atoms with Gasteiger partial charge in [0, 0.05) is 6.54 Å². The van der Waals surface area contributed by atoms with Gasteiger partial charge in [-0.05, 0) is 25.0 Å². The number of aliphatic carboxylic acids is 1. The van der Waals surface area contributed by atoms with E-state index in [1.54, 1.807) is 0 Å². The lowest BCUT2D eigenvalue weighted by Gasteiger charge is -2.33. The smallest absolute Gasteiger partial charge is 0.334 e. The summed E-state index contributed by atoms with van der Waals surface area (Å²) < 4.78 is 11.0. The van der Waals surface area contributed by atoms with Crippen LogP contribution in [0.2, 0.25) is 0 Å². The molecule has 1 fully saturated rings. The van der Waals surface area contributed by atoms with Crippen LogP contribution in [-0.2, 0) is 14.3 Å². The van der Waals surface area contributed by atoms with E-state index in [4.69, 9.17) is 14.6 Å². The molecule has 2 atom stereocenters. The molecule has 6 heteroatoms. The minimum absolute atomic E-state index is 0.0573. The first-order valence-corrected chi connectivity index (χ1v) is 7.38. The molecule has 1 aromatic rings. The topological polar surface area (TPSA) is 76.1 Å². The third-order valence-corrected chi connectivity index (χ3v) is 3.66. The van der Waals surface area contributed by atoms with Crippen molar-refractivity contribution < 1.29 is 24.2 Å². The minimum atomic E-state index is -1.05. The van der Waals surface area contributed by atoms with Crippen LogP contribution in [0, 0.1) is 6.92 Å². The van der Waals surface area contributed by atoms with Crippen molar-refractivity contribution in [2.45, 2.75) is 32.5 Å². The first-order chi connectivity index (χ1) is 10.5. The highest BCUT2D eigenvalue weighted by molar-refractivity contribution is 5.82. The summed E-state index contributed by atoms with van der Waals surface area (Å²) in [4.78, 5) is 25.1. The highest BCUT2D eigenvalue weighted by atomic mass is 16.5. The van der Waals surface area contributed by atoms with Gasteiger partial charge in [0.2, 0.25) is 0 Å². The van der Waals surface area contributed by atoms with E-state index < -0.39 is 18.2 Å². The second kappa shape index (κ2) is 7.26. The monoisotopic (exact) mass is 307 g/mol. The largest absolute Gasteiger partial charge is 0.480 e. The lowest BCUT2D eigenvalue weighted by Crippen LogP contribution is -2.52. The van der Waals surface area contributed by atoms with Gasteiger partial charge in [0.15, 0.2) is 12.2 Å². The summed E-state index contributed by atoms with van der Waals surface area (Å²) in [6, 6.07) is 7.51. The number of rotatable bonds is 5. The maximum atomic E-state index is 12.6. The van der Waals surface area contributed by atoms with E-state index in [0.29, 0.717) is 18.7 Å². The number of benzene rings is 1. The molecule has 6 nitrogen and oxygen atoms in total. The third-order valence-electron chi connectivity index (χ3n) is 3.66. The number of ether oxygens (including phenoxy) is 2. The van der Waals surface area contributed by atoms with Gasteiger partial charge in [0.05, 0.1) is 13.2 Å². The van der Waals surface area contributed by atoms with Crippen LogP contribution < -0.4 is 4.74 Å². The fourth-order valence-corrected chi connectivity index (χ4v) is 2.35. The van der Waals surface area contributed by atoms with E-state index in [2.05, 4.69) is 0 Å². The second-order valence-corrected chi connectivity index (χ2v) is 5.26. The summed E-state index contributed by atoms with van der Waals surface area (Å²) in [5.41, 5.74) is 0.958. The fraction of sp³-hybridized carbons (Fsp3) is 0.500. The van der Waals surface area contributed by atoms with Gasteiger partial charge in [-0.25, -0.2) is 4.79 Å². The standard InChI is InChI=1S/C16H21NO5/c1-3-12(22-13-7-5-4-6-11(13)2)15(18)17-8-9-21-14(10-17)16(19)20/h4-7,12,14H,3,8-10H2,1-2H3,(H,19,20). The predicted molar refractivity (Wildman–Crippen MR) is 79.8 cm³/mol. The summed E-state index contributed by atoms with van der Waals surface area (Å²) >= 11 is 0. The summed E-state index contributed by atoms with van der Waals surface area (Å²) in [5, 5.41) is 9.01. The van der Waals surface area contributed by atoms with Crippen LogP contribution in [0.1, 0.15) is 18.9 Å². The Morgan fingerprint density at radius 3 is 2.82 bits per heavy atom. The quantitative estimate of drug-likeness (QED) is 0.891. The van der Waals surface area contributed by atoms with E-state index >= 15 is 0 Å². The molecule has 0 bridgehead atoms. The van der Waals surface area contributed by atoms with Gasteiger partial charge in [-0.2, -0.15) is 0 Å². The lowest BCUT2D eigenvalue weighted by molar-refractivity contribution is -0.161. The lowest BCUT2D eigenvalue weighted by atomic mass is 10.2. The van der Waals surface area contributed by atoms with Crippen molar-refractivity contribution in [2.75, 3.05) is 19.7 Å². The van der Waals surface area contributed by atoms with Gasteiger partial charge >= 0.3 is 5.97 Å². The Kier molecular flexibility index (Phi) is 5.38. The van der Waals surface area contributed by atoms with Crippen LogP contribution >= 0.6 is 0 Å². The van der Waals surface area contributed by atoms with Gasteiger partial charge < -0.3 is 19.5 Å². The van der Waals surface area contributed by atoms with E-state index in [1.807, 2.05) is 38.1 Å². The van der Waals surface area contributed by atoms with Crippen LogP contribution in [0.25, 0.3) is 0 Å². The molecule has 120 valence electrons. The van der Waals surface area contributed by atoms with Crippen molar-refractivity contribution in [3.05, 3.63) is 29.8 Å². The first-order valence-electron chi connectivity index (χ1n) is 7.38. The Balaban J connectivity index is 2.05. The van der Waals surface area contributed by atoms with Gasteiger partial charge in [0.25, 0.3) is 5.91 Å². The maximum absolute atomic E-state index is 12.6. The van der Waals surface area contributed by atoms with Crippen LogP contribution in [0.5, 0.6) is 5.75 Å². The summed E-state index contributed by atoms with van der Waals surface area (Å²) in [5.74, 6) is -0.573. The van der Waals surface area contributed by atoms with E-state index in [1.165, 1.54) is 4.90 Å². The van der Waals surface area contributed by atoms with Gasteiger partial charge in [-0.3, -0.25) is 4.79 Å². The second-order valence-electron chi connectivity index (χ2n) is 5.26. The maximum Gasteiger partial charge on any atom is 0.334 e. The van der Waals surface area contributed by atoms with Gasteiger partial charge in [0.1, 0.15) is 5.75 Å². The molecule has 2 rings (SSSR count). The molecule has 1 amide bonds. The van der Waals surface area contributed by atoms with Crippen molar-refractivity contribution in [3.8, 4) is 5.75 Å². The highest BCUT2D eigenvalue weighted by Gasteiger charge is 2.32. The Labute approximate surface area is 129 Å². The number of amides is 1. The van der Waals surface area contributed by atoms with Crippen LogP contribution in [0.3, 0.4) is 0 Å². The zero-order valence-corrected chi connectivity index (χ0v) is 12.8. The van der Waals surface area contributed by atoms with Crippen LogP contribution in [0.4, 0.5) is 0 Å². The van der Waals surface area contributed by atoms with Crippen LogP contribution in [0.15, 0.2) is 24.3 Å². The Morgan fingerprint density at radius 1 is 1.45 bits per heavy atom. The molecule has 1 saturated heterocycles. The van der Waals surface area contributed by atoms with Gasteiger partial charge in [-0.1, -0.05) is 25.1 Å². The zero-order chi connectivity index (χ0) is 16.1. The number of carboxylic acid groups (broad SMARTS) is 1. The molecule has 1 aliphatic heterocycles. The number of morpholine rings is 1. The summed E-state index contributed by atoms with van der Waals surface area (Å²) in [6.45, 7) is 4.46. The number of hydrogen-bond acceptors (Lipinski definition) is 4. The fourth-order valence-electron chi connectivity index (χ4n) is 2.35. The number of hydrogen-bond donors (Lipinski definition) is 1. The van der Waals surface area contributed by atoms with Crippen molar-refractivity contribution in [2.24, 2.45) is 0 Å². The zero-order valence-electron chi connectivity index (χ0n) is 12.8. The third kappa shape index (κ3) is 3.76. The van der Waals surface area contributed by atoms with E-state index in [9.17, 15) is 9.59 Å². The Bertz CT molecular complexity index is 545. The number of para-hydroxylation sites is 1. The van der Waals surface area contributed by atoms with Crippen molar-refractivity contribution >= 4 is 11.9 Å². The van der Waals surface area contributed by atoms with Crippen molar-refractivity contribution in [3.63, 3.8) is 0 Å². The number of carboxylic acids is 1. The molecule has 0 radical (unpaired) electrons. The number of carbonyl (C=O) groups is 2. The highest BCUT2D eigenvalue weighted by Crippen LogP contribution is 2.20. The molecular formula is C16H21NO5. The molecule has 0 aromatic heterocycles. The number of carbonyl (C=O) groups excluding carboxylic acids is 1.